The van der Waals surface area contributed by atoms with Crippen molar-refractivity contribution in [3.05, 3.63) is 12.2 Å². The summed E-state index contributed by atoms with van der Waals surface area (Å²) >= 11 is 0. The largest absolute Gasteiger partial charge is 1.00 e. The van der Waals surface area contributed by atoms with Crippen molar-refractivity contribution in [2.24, 2.45) is 0 Å². The van der Waals surface area contributed by atoms with Gasteiger partial charge in [-0.05, 0) is 6.08 Å². The van der Waals surface area contributed by atoms with Gasteiger partial charge in [0.25, 0.3) is 0 Å². The molecule has 1 N–H and O–H groups in total. The Hall–Kier alpha value is 0.806. The standard InChI is InChI=1S/C4H6O3.K/c5-3-1-2-4(6)7;/h1-2,5H,3H2,(H,6,7);/q;+1/p-1/b2-1+;. The molecule has 8 heavy (non-hydrogen) atoms. The summed E-state index contributed by atoms with van der Waals surface area (Å²) in [5, 5.41) is 17.4. The summed E-state index contributed by atoms with van der Waals surface area (Å²) in [6, 6.07) is 0. The minimum absolute atomic E-state index is 0. The number of carbonyl (C=O) groups excluding carboxylic acids is 1. The van der Waals surface area contributed by atoms with E-state index in [1.165, 1.54) is 0 Å². The van der Waals surface area contributed by atoms with Crippen molar-refractivity contribution in [1.82, 2.24) is 0 Å². The van der Waals surface area contributed by atoms with E-state index < -0.39 is 5.97 Å². The Morgan fingerprint density at radius 1 is 1.75 bits per heavy atom. The van der Waals surface area contributed by atoms with Gasteiger partial charge in [-0.2, -0.15) is 0 Å². The number of rotatable bonds is 2. The van der Waals surface area contributed by atoms with Crippen LogP contribution < -0.4 is 56.5 Å². The molecule has 0 spiro atoms. The molecule has 0 atom stereocenters. The van der Waals surface area contributed by atoms with Crippen LogP contribution in [0.1, 0.15) is 0 Å². The van der Waals surface area contributed by atoms with Gasteiger partial charge in [0.05, 0.1) is 12.6 Å². The average Bonchev–Trinajstić information content (AvgIpc) is 1.61. The SMILES string of the molecule is O=C([O-])/C=C/CO.[K+]. The summed E-state index contributed by atoms with van der Waals surface area (Å²) in [5.41, 5.74) is 0. The second-order valence-electron chi connectivity index (χ2n) is 0.904. The van der Waals surface area contributed by atoms with E-state index in [2.05, 4.69) is 0 Å². The first-order valence-electron chi connectivity index (χ1n) is 1.75. The fourth-order valence-electron chi connectivity index (χ4n) is 0.149. The number of carboxylic acid groups (broad SMARTS) is 1. The van der Waals surface area contributed by atoms with Crippen LogP contribution in [0, 0.1) is 0 Å². The van der Waals surface area contributed by atoms with Crippen LogP contribution in [0.5, 0.6) is 0 Å². The van der Waals surface area contributed by atoms with Crippen LogP contribution in [0.4, 0.5) is 0 Å². The number of carbonyl (C=O) groups is 1. The Morgan fingerprint density at radius 3 is 2.38 bits per heavy atom. The minimum atomic E-state index is -1.28. The molecule has 0 heterocycles. The summed E-state index contributed by atoms with van der Waals surface area (Å²) in [7, 11) is 0. The second kappa shape index (κ2) is 7.81. The summed E-state index contributed by atoms with van der Waals surface area (Å²) in [6.07, 6.45) is 1.87. The third-order valence-corrected chi connectivity index (χ3v) is 0.359. The number of aliphatic hydroxyl groups excluding tert-OH is 1. The van der Waals surface area contributed by atoms with E-state index in [-0.39, 0.29) is 58.0 Å². The molecule has 0 aromatic heterocycles. The zero-order valence-corrected chi connectivity index (χ0v) is 7.75. The number of hydrogen-bond acceptors (Lipinski definition) is 3. The maximum atomic E-state index is 9.45. The van der Waals surface area contributed by atoms with Gasteiger partial charge in [0.2, 0.25) is 0 Å². The first-order valence-corrected chi connectivity index (χ1v) is 1.75. The molecule has 0 aromatic rings. The van der Waals surface area contributed by atoms with Crippen molar-refractivity contribution in [2.45, 2.75) is 0 Å². The molecule has 0 bridgehead atoms. The number of aliphatic hydroxyl groups is 1. The van der Waals surface area contributed by atoms with Crippen LogP contribution in [0.25, 0.3) is 0 Å². The van der Waals surface area contributed by atoms with Crippen molar-refractivity contribution in [2.75, 3.05) is 6.61 Å². The molecule has 0 aromatic carbocycles. The Kier molecular flexibility index (Phi) is 11.3. The topological polar surface area (TPSA) is 60.4 Å². The zero-order chi connectivity index (χ0) is 5.70. The van der Waals surface area contributed by atoms with E-state index in [0.29, 0.717) is 0 Å². The Labute approximate surface area is 89.8 Å². The number of carboxylic acids is 1. The zero-order valence-electron chi connectivity index (χ0n) is 4.63. The molecule has 40 valence electrons. The Bertz CT molecular complexity index is 89.3. The van der Waals surface area contributed by atoms with Gasteiger partial charge in [0.15, 0.2) is 0 Å². The maximum Gasteiger partial charge on any atom is 1.00 e. The molecule has 0 aliphatic heterocycles. The van der Waals surface area contributed by atoms with Crippen LogP contribution in [0.15, 0.2) is 12.2 Å². The van der Waals surface area contributed by atoms with Crippen LogP contribution in [0.3, 0.4) is 0 Å². The number of hydrogen-bond donors (Lipinski definition) is 1. The second-order valence-corrected chi connectivity index (χ2v) is 0.904. The van der Waals surface area contributed by atoms with Gasteiger partial charge in [0, 0.05) is 0 Å². The fourth-order valence-corrected chi connectivity index (χ4v) is 0.149. The molecule has 0 unspecified atom stereocenters. The van der Waals surface area contributed by atoms with Crippen molar-refractivity contribution in [3.8, 4) is 0 Å². The predicted octanol–water partition coefficient (Wildman–Crippen LogP) is -4.71. The first-order chi connectivity index (χ1) is 3.27. The van der Waals surface area contributed by atoms with Gasteiger partial charge < -0.3 is 15.0 Å². The molecule has 0 amide bonds. The smallest absolute Gasteiger partial charge is 0.545 e. The molecular formula is C4H5KO3. The monoisotopic (exact) mass is 140 g/mol. The predicted molar refractivity (Wildman–Crippen MR) is 21.2 cm³/mol. The molecule has 0 fully saturated rings. The van der Waals surface area contributed by atoms with Gasteiger partial charge in [-0.15, -0.1) is 0 Å². The summed E-state index contributed by atoms with van der Waals surface area (Å²) in [5.74, 6) is -1.28. The van der Waals surface area contributed by atoms with Crippen LogP contribution >= 0.6 is 0 Å². The van der Waals surface area contributed by atoms with Crippen LogP contribution in [0.2, 0.25) is 0 Å². The molecule has 3 nitrogen and oxygen atoms in total. The minimum Gasteiger partial charge on any atom is -0.545 e. The van der Waals surface area contributed by atoms with E-state index in [4.69, 9.17) is 5.11 Å². The van der Waals surface area contributed by atoms with Crippen molar-refractivity contribution >= 4 is 5.97 Å². The van der Waals surface area contributed by atoms with Gasteiger partial charge in [0.1, 0.15) is 0 Å². The summed E-state index contributed by atoms with van der Waals surface area (Å²) < 4.78 is 0. The van der Waals surface area contributed by atoms with E-state index in [0.717, 1.165) is 12.2 Å². The molecular weight excluding hydrogens is 135 g/mol. The molecule has 0 aliphatic carbocycles. The van der Waals surface area contributed by atoms with Crippen molar-refractivity contribution in [1.29, 1.82) is 0 Å². The van der Waals surface area contributed by atoms with Crippen molar-refractivity contribution < 1.29 is 66.4 Å². The van der Waals surface area contributed by atoms with Gasteiger partial charge in [-0.1, -0.05) is 6.08 Å². The molecule has 0 rings (SSSR count). The Morgan fingerprint density at radius 2 is 2.25 bits per heavy atom. The normalized spacial score (nSPS) is 8.62. The average molecular weight is 140 g/mol. The quantitative estimate of drug-likeness (QED) is 0.310. The van der Waals surface area contributed by atoms with Gasteiger partial charge in [-0.25, -0.2) is 0 Å². The molecule has 0 radical (unpaired) electrons. The fraction of sp³-hybridized carbons (Fsp3) is 0.250. The maximum absolute atomic E-state index is 9.45. The first kappa shape index (κ1) is 11.6. The molecule has 0 saturated heterocycles. The Balaban J connectivity index is 0. The van der Waals surface area contributed by atoms with Gasteiger partial charge in [-0.3, -0.25) is 0 Å². The third kappa shape index (κ3) is 9.93. The van der Waals surface area contributed by atoms with E-state index in [9.17, 15) is 9.90 Å². The summed E-state index contributed by atoms with van der Waals surface area (Å²) in [4.78, 5) is 9.45. The van der Waals surface area contributed by atoms with E-state index >= 15 is 0 Å². The number of aliphatic carboxylic acids is 1. The molecule has 0 aliphatic rings. The molecule has 0 saturated carbocycles. The third-order valence-electron chi connectivity index (χ3n) is 0.359. The van der Waals surface area contributed by atoms with Crippen molar-refractivity contribution in [3.63, 3.8) is 0 Å². The van der Waals surface area contributed by atoms with E-state index in [1.807, 2.05) is 0 Å². The van der Waals surface area contributed by atoms with Crippen LogP contribution in [-0.2, 0) is 4.79 Å². The van der Waals surface area contributed by atoms with Crippen LogP contribution in [-0.4, -0.2) is 17.7 Å². The molecule has 4 heteroatoms. The summed E-state index contributed by atoms with van der Waals surface area (Å²) in [6.45, 7) is -0.256. The van der Waals surface area contributed by atoms with Gasteiger partial charge >= 0.3 is 51.4 Å². The van der Waals surface area contributed by atoms with E-state index in [1.54, 1.807) is 0 Å².